The van der Waals surface area contributed by atoms with E-state index in [1.165, 1.54) is 24.8 Å². The number of carbonyl (C=O) groups excluding carboxylic acids is 1. The Labute approximate surface area is 128 Å². The van der Waals surface area contributed by atoms with Gasteiger partial charge in [-0.1, -0.05) is 24.6 Å². The van der Waals surface area contributed by atoms with Crippen LogP contribution in [0.3, 0.4) is 0 Å². The summed E-state index contributed by atoms with van der Waals surface area (Å²) in [6, 6.07) is 6.36. The third-order valence-corrected chi connectivity index (χ3v) is 6.47. The van der Waals surface area contributed by atoms with E-state index in [0.29, 0.717) is 11.2 Å². The topological polar surface area (TPSA) is 17.1 Å². The molecular weight excluding hydrogens is 256 g/mol. The summed E-state index contributed by atoms with van der Waals surface area (Å²) < 4.78 is 0. The average molecular weight is 282 g/mol. The van der Waals surface area contributed by atoms with Gasteiger partial charge in [-0.25, -0.2) is 0 Å². The van der Waals surface area contributed by atoms with Gasteiger partial charge in [0.15, 0.2) is 5.78 Å². The molecule has 21 heavy (non-hydrogen) atoms. The zero-order chi connectivity index (χ0) is 14.8. The molecule has 4 bridgehead atoms. The number of benzene rings is 1. The molecule has 0 spiro atoms. The first-order valence-corrected chi connectivity index (χ1v) is 8.51. The minimum atomic E-state index is -0.0304. The lowest BCUT2D eigenvalue weighted by molar-refractivity contribution is -0.0820. The molecule has 0 amide bonds. The van der Waals surface area contributed by atoms with Crippen molar-refractivity contribution in [3.8, 4) is 0 Å². The van der Waals surface area contributed by atoms with Crippen molar-refractivity contribution in [1.82, 2.24) is 0 Å². The van der Waals surface area contributed by atoms with Crippen LogP contribution in [0.2, 0.25) is 0 Å². The highest BCUT2D eigenvalue weighted by molar-refractivity contribution is 6.02. The smallest absolute Gasteiger partial charge is 0.169 e. The number of rotatable bonds is 2. The van der Waals surface area contributed by atoms with Gasteiger partial charge in [-0.15, -0.1) is 0 Å². The Balaban J connectivity index is 1.75. The zero-order valence-corrected chi connectivity index (χ0v) is 13.5. The molecule has 112 valence electrons. The Bertz CT molecular complexity index is 598. The van der Waals surface area contributed by atoms with Crippen molar-refractivity contribution < 1.29 is 4.79 Å². The number of carbonyl (C=O) groups is 1. The summed E-state index contributed by atoms with van der Waals surface area (Å²) in [4.78, 5) is 13.4. The maximum atomic E-state index is 13.4. The van der Waals surface area contributed by atoms with E-state index in [1.807, 2.05) is 0 Å². The van der Waals surface area contributed by atoms with Gasteiger partial charge in [0.1, 0.15) is 0 Å². The number of Topliss-reactive ketones (excluding diaryl/α,β-unsaturated/α-hetero) is 1. The van der Waals surface area contributed by atoms with E-state index in [2.05, 4.69) is 39.0 Å². The van der Waals surface area contributed by atoms with Gasteiger partial charge in [0, 0.05) is 11.0 Å². The van der Waals surface area contributed by atoms with Crippen LogP contribution in [0.1, 0.15) is 66.9 Å². The molecule has 5 rings (SSSR count). The van der Waals surface area contributed by atoms with E-state index in [-0.39, 0.29) is 5.41 Å². The predicted molar refractivity (Wildman–Crippen MR) is 85.5 cm³/mol. The van der Waals surface area contributed by atoms with Gasteiger partial charge < -0.3 is 0 Å². The molecule has 0 heterocycles. The molecule has 0 saturated heterocycles. The Hall–Kier alpha value is -1.11. The third-order valence-electron chi connectivity index (χ3n) is 6.47. The van der Waals surface area contributed by atoms with Crippen LogP contribution in [0.5, 0.6) is 0 Å². The number of ketones is 1. The molecule has 4 aliphatic carbocycles. The van der Waals surface area contributed by atoms with Gasteiger partial charge >= 0.3 is 0 Å². The van der Waals surface area contributed by atoms with Crippen molar-refractivity contribution in [3.05, 3.63) is 34.9 Å². The van der Waals surface area contributed by atoms with Crippen molar-refractivity contribution in [3.63, 3.8) is 0 Å². The van der Waals surface area contributed by atoms with Crippen LogP contribution >= 0.6 is 0 Å². The number of hydrogen-bond acceptors (Lipinski definition) is 1. The first-order valence-electron chi connectivity index (χ1n) is 8.51. The summed E-state index contributed by atoms with van der Waals surface area (Å²) in [5, 5.41) is 0. The molecular formula is C20H26O. The monoisotopic (exact) mass is 282 g/mol. The van der Waals surface area contributed by atoms with E-state index in [4.69, 9.17) is 0 Å². The third kappa shape index (κ3) is 2.00. The van der Waals surface area contributed by atoms with Crippen LogP contribution < -0.4 is 0 Å². The summed E-state index contributed by atoms with van der Waals surface area (Å²) in [6.07, 6.45) is 7.57. The van der Waals surface area contributed by atoms with Crippen LogP contribution in [0, 0.1) is 36.5 Å². The minimum absolute atomic E-state index is 0.0304. The molecule has 1 nitrogen and oxygen atoms in total. The Morgan fingerprint density at radius 2 is 1.76 bits per heavy atom. The molecule has 4 fully saturated rings. The van der Waals surface area contributed by atoms with Crippen molar-refractivity contribution in [2.24, 2.45) is 22.7 Å². The maximum Gasteiger partial charge on any atom is 0.169 e. The highest BCUT2D eigenvalue weighted by atomic mass is 16.1. The maximum absolute atomic E-state index is 13.4. The molecule has 4 aliphatic rings. The minimum Gasteiger partial charge on any atom is -0.294 e. The van der Waals surface area contributed by atoms with E-state index >= 15 is 0 Å². The van der Waals surface area contributed by atoms with E-state index < -0.39 is 0 Å². The first-order chi connectivity index (χ1) is 9.89. The highest BCUT2D eigenvalue weighted by Gasteiger charge is 2.58. The zero-order valence-electron chi connectivity index (χ0n) is 13.5. The van der Waals surface area contributed by atoms with E-state index in [0.717, 1.165) is 42.2 Å². The molecule has 0 N–H and O–H groups in total. The number of hydrogen-bond donors (Lipinski definition) is 0. The summed E-state index contributed by atoms with van der Waals surface area (Å²) in [6.45, 7) is 6.63. The molecule has 1 aromatic rings. The quantitative estimate of drug-likeness (QED) is 0.690. The van der Waals surface area contributed by atoms with Crippen LogP contribution in [0.25, 0.3) is 0 Å². The van der Waals surface area contributed by atoms with Gasteiger partial charge in [-0.3, -0.25) is 4.79 Å². The molecule has 2 atom stereocenters. The second kappa shape index (κ2) is 4.21. The lowest BCUT2D eigenvalue weighted by Crippen LogP contribution is -2.54. The molecule has 0 aliphatic heterocycles. The van der Waals surface area contributed by atoms with Gasteiger partial charge in [0.2, 0.25) is 0 Å². The molecule has 2 unspecified atom stereocenters. The van der Waals surface area contributed by atoms with Crippen molar-refractivity contribution in [2.45, 2.75) is 59.3 Å². The molecule has 0 aromatic heterocycles. The van der Waals surface area contributed by atoms with Crippen LogP contribution in [-0.4, -0.2) is 5.78 Å². The number of aryl methyl sites for hydroxylation is 2. The summed E-state index contributed by atoms with van der Waals surface area (Å²) in [5.41, 5.74) is 3.78. The Kier molecular flexibility index (Phi) is 2.72. The standard InChI is InChI=1S/C20H26O/c1-13-4-5-14(2)17(6-13)18(21)20-10-15-7-16(11-20)9-19(3,8-15)12-20/h4-6,15-16H,7-12H2,1-3H3. The van der Waals surface area contributed by atoms with Crippen molar-refractivity contribution in [1.29, 1.82) is 0 Å². The molecule has 4 saturated carbocycles. The van der Waals surface area contributed by atoms with Gasteiger partial charge in [-0.2, -0.15) is 0 Å². The summed E-state index contributed by atoms with van der Waals surface area (Å²) >= 11 is 0. The fourth-order valence-electron chi connectivity index (χ4n) is 6.25. The highest BCUT2D eigenvalue weighted by Crippen LogP contribution is 2.65. The average Bonchev–Trinajstić information content (AvgIpc) is 2.38. The van der Waals surface area contributed by atoms with Gasteiger partial charge in [0.05, 0.1) is 0 Å². The van der Waals surface area contributed by atoms with E-state index in [9.17, 15) is 4.79 Å². The largest absolute Gasteiger partial charge is 0.294 e. The van der Waals surface area contributed by atoms with Crippen molar-refractivity contribution >= 4 is 5.78 Å². The van der Waals surface area contributed by atoms with Gasteiger partial charge in [0.25, 0.3) is 0 Å². The fourth-order valence-corrected chi connectivity index (χ4v) is 6.25. The lowest BCUT2D eigenvalue weighted by Gasteiger charge is -2.60. The lowest BCUT2D eigenvalue weighted by atomic mass is 9.43. The predicted octanol–water partition coefficient (Wildman–Crippen LogP) is 5.09. The Morgan fingerprint density at radius 1 is 1.10 bits per heavy atom. The first kappa shape index (κ1) is 13.5. The Morgan fingerprint density at radius 3 is 2.38 bits per heavy atom. The van der Waals surface area contributed by atoms with Crippen LogP contribution in [0.4, 0.5) is 0 Å². The van der Waals surface area contributed by atoms with Crippen LogP contribution in [0.15, 0.2) is 18.2 Å². The summed E-state index contributed by atoms with van der Waals surface area (Å²) in [5.74, 6) is 2.08. The SMILES string of the molecule is Cc1ccc(C)c(C(=O)C23CC4CC(CC(C)(C4)C2)C3)c1. The van der Waals surface area contributed by atoms with Crippen molar-refractivity contribution in [2.75, 3.05) is 0 Å². The normalized spacial score (nSPS) is 40.5. The fraction of sp³-hybridized carbons (Fsp3) is 0.650. The second-order valence-electron chi connectivity index (χ2n) is 8.70. The van der Waals surface area contributed by atoms with Gasteiger partial charge in [-0.05, 0) is 81.3 Å². The van der Waals surface area contributed by atoms with E-state index in [1.54, 1.807) is 0 Å². The van der Waals surface area contributed by atoms with Crippen LogP contribution in [-0.2, 0) is 0 Å². The molecule has 0 radical (unpaired) electrons. The second-order valence-corrected chi connectivity index (χ2v) is 8.70. The summed E-state index contributed by atoms with van der Waals surface area (Å²) in [7, 11) is 0. The molecule has 1 aromatic carbocycles. The molecule has 1 heteroatoms.